The summed E-state index contributed by atoms with van der Waals surface area (Å²) in [5, 5.41) is 5.69. The van der Waals surface area contributed by atoms with Crippen molar-refractivity contribution in [3.63, 3.8) is 0 Å². The van der Waals surface area contributed by atoms with Crippen molar-refractivity contribution < 1.29 is 13.2 Å². The predicted molar refractivity (Wildman–Crippen MR) is 82.4 cm³/mol. The fourth-order valence-corrected chi connectivity index (χ4v) is 2.66. The molecule has 0 fully saturated rings. The molecule has 0 saturated carbocycles. The first kappa shape index (κ1) is 17.6. The molecule has 6 nitrogen and oxygen atoms in total. The summed E-state index contributed by atoms with van der Waals surface area (Å²) < 4.78 is 26.4. The Labute approximate surface area is 126 Å². The normalized spacial score (nSPS) is 12.9. The number of hydrogen-bond acceptors (Lipinski definition) is 4. The van der Waals surface area contributed by atoms with E-state index in [9.17, 15) is 13.2 Å². The highest BCUT2D eigenvalue weighted by atomic mass is 32.2. The van der Waals surface area contributed by atoms with Gasteiger partial charge in [0.05, 0.1) is 11.4 Å². The maximum absolute atomic E-state index is 12.1. The average molecular weight is 313 g/mol. The molecule has 0 saturated heterocycles. The lowest BCUT2D eigenvalue weighted by atomic mass is 10.1. The average Bonchev–Trinajstić information content (AvgIpc) is 2.50. The van der Waals surface area contributed by atoms with Crippen LogP contribution in [0.25, 0.3) is 0 Å². The van der Waals surface area contributed by atoms with Crippen LogP contribution in [0.15, 0.2) is 29.2 Å². The number of sulfonamides is 1. The molecule has 1 unspecified atom stereocenters. The molecule has 0 bridgehead atoms. The number of nitrogens with one attached hydrogen (secondary N) is 3. The quantitative estimate of drug-likeness (QED) is 0.661. The third-order valence-electron chi connectivity index (χ3n) is 3.12. The van der Waals surface area contributed by atoms with Crippen molar-refractivity contribution in [3.05, 3.63) is 29.8 Å². The van der Waals surface area contributed by atoms with Crippen LogP contribution < -0.4 is 15.4 Å². The van der Waals surface area contributed by atoms with Gasteiger partial charge in [0.2, 0.25) is 15.9 Å². The van der Waals surface area contributed by atoms with E-state index in [0.717, 1.165) is 12.0 Å². The van der Waals surface area contributed by atoms with E-state index in [1.54, 1.807) is 12.1 Å². The van der Waals surface area contributed by atoms with Crippen molar-refractivity contribution in [1.82, 2.24) is 15.4 Å². The Morgan fingerprint density at radius 2 is 1.86 bits per heavy atom. The number of hydrogen-bond donors (Lipinski definition) is 3. The van der Waals surface area contributed by atoms with E-state index >= 15 is 0 Å². The fourth-order valence-electron chi connectivity index (χ4n) is 1.67. The summed E-state index contributed by atoms with van der Waals surface area (Å²) in [6, 6.07) is 6.74. The molecule has 1 atom stereocenters. The summed E-state index contributed by atoms with van der Waals surface area (Å²) in [6.07, 6.45) is 0.809. The molecule has 0 aliphatic carbocycles. The Kier molecular flexibility index (Phi) is 6.80. The third kappa shape index (κ3) is 5.45. The minimum atomic E-state index is -3.66. The summed E-state index contributed by atoms with van der Waals surface area (Å²) >= 11 is 0. The molecule has 1 amide bonds. The molecule has 1 rings (SSSR count). The maximum Gasteiger partial charge on any atom is 0.241 e. The van der Waals surface area contributed by atoms with Gasteiger partial charge in [-0.15, -0.1) is 0 Å². The minimum absolute atomic E-state index is 0.148. The lowest BCUT2D eigenvalue weighted by molar-refractivity contribution is -0.119. The summed E-state index contributed by atoms with van der Waals surface area (Å²) in [5.41, 5.74) is 0.997. The second-order valence-electron chi connectivity index (χ2n) is 4.75. The van der Waals surface area contributed by atoms with Gasteiger partial charge in [-0.3, -0.25) is 4.79 Å². The highest BCUT2D eigenvalue weighted by Crippen LogP contribution is 2.15. The van der Waals surface area contributed by atoms with E-state index in [1.807, 2.05) is 20.9 Å². The molecular weight excluding hydrogens is 290 g/mol. The lowest BCUT2D eigenvalue weighted by Crippen LogP contribution is -2.37. The molecule has 0 spiro atoms. The number of rotatable bonds is 8. The van der Waals surface area contributed by atoms with E-state index in [2.05, 4.69) is 15.4 Å². The van der Waals surface area contributed by atoms with Gasteiger partial charge in [-0.2, -0.15) is 0 Å². The molecule has 7 heteroatoms. The highest BCUT2D eigenvalue weighted by Gasteiger charge is 2.15. The molecule has 118 valence electrons. The number of carbonyl (C=O) groups is 1. The molecule has 0 radical (unpaired) electrons. The van der Waals surface area contributed by atoms with Crippen molar-refractivity contribution in [2.24, 2.45) is 0 Å². The first-order valence-corrected chi connectivity index (χ1v) is 8.42. The standard InChI is InChI=1S/C14H23N3O3S/c1-4-9-16-14(18)10-17-21(19,20)13-7-5-12(6-8-13)11(2)15-3/h5-8,11,15,17H,4,9-10H2,1-3H3,(H,16,18). The number of carbonyl (C=O) groups excluding carboxylic acids is 1. The van der Waals surface area contributed by atoms with Crippen LogP contribution in [0, 0.1) is 0 Å². The lowest BCUT2D eigenvalue weighted by Gasteiger charge is -2.12. The van der Waals surface area contributed by atoms with Gasteiger partial charge in [-0.05, 0) is 38.1 Å². The maximum atomic E-state index is 12.1. The minimum Gasteiger partial charge on any atom is -0.355 e. The van der Waals surface area contributed by atoms with Gasteiger partial charge < -0.3 is 10.6 Å². The predicted octanol–water partition coefficient (Wildman–Crippen LogP) is 0.772. The molecule has 1 aromatic rings. The van der Waals surface area contributed by atoms with Gasteiger partial charge in [-0.1, -0.05) is 19.1 Å². The fraction of sp³-hybridized carbons (Fsp3) is 0.500. The van der Waals surface area contributed by atoms with Crippen LogP contribution in [0.1, 0.15) is 31.9 Å². The largest absolute Gasteiger partial charge is 0.355 e. The van der Waals surface area contributed by atoms with Gasteiger partial charge in [-0.25, -0.2) is 13.1 Å². The van der Waals surface area contributed by atoms with Gasteiger partial charge in [0, 0.05) is 12.6 Å². The zero-order chi connectivity index (χ0) is 15.9. The zero-order valence-corrected chi connectivity index (χ0v) is 13.5. The Balaban J connectivity index is 2.68. The van der Waals surface area contributed by atoms with Gasteiger partial charge in [0.15, 0.2) is 0 Å². The molecule has 0 aromatic heterocycles. The van der Waals surface area contributed by atoms with Crippen LogP contribution >= 0.6 is 0 Å². The van der Waals surface area contributed by atoms with Crippen LogP contribution in [-0.2, 0) is 14.8 Å². The molecule has 0 aliphatic heterocycles. The number of benzene rings is 1. The topological polar surface area (TPSA) is 87.3 Å². The van der Waals surface area contributed by atoms with Gasteiger partial charge in [0.1, 0.15) is 0 Å². The van der Waals surface area contributed by atoms with Crippen LogP contribution in [0.4, 0.5) is 0 Å². The summed E-state index contributed by atoms with van der Waals surface area (Å²) in [7, 11) is -1.82. The second-order valence-corrected chi connectivity index (χ2v) is 6.52. The van der Waals surface area contributed by atoms with Crippen molar-refractivity contribution >= 4 is 15.9 Å². The molecule has 3 N–H and O–H groups in total. The van der Waals surface area contributed by atoms with E-state index in [1.165, 1.54) is 12.1 Å². The Hall–Kier alpha value is -1.44. The SMILES string of the molecule is CCCNC(=O)CNS(=O)(=O)c1ccc(C(C)NC)cc1. The van der Waals surface area contributed by atoms with E-state index < -0.39 is 10.0 Å². The second kappa shape index (κ2) is 8.11. The molecule has 0 heterocycles. The highest BCUT2D eigenvalue weighted by molar-refractivity contribution is 7.89. The molecule has 1 aromatic carbocycles. The smallest absolute Gasteiger partial charge is 0.241 e. The van der Waals surface area contributed by atoms with Crippen molar-refractivity contribution in [2.45, 2.75) is 31.2 Å². The first-order valence-electron chi connectivity index (χ1n) is 6.94. The zero-order valence-electron chi connectivity index (χ0n) is 12.6. The van der Waals surface area contributed by atoms with Gasteiger partial charge in [0.25, 0.3) is 0 Å². The molecular formula is C14H23N3O3S. The van der Waals surface area contributed by atoms with Crippen molar-refractivity contribution in [1.29, 1.82) is 0 Å². The van der Waals surface area contributed by atoms with E-state index in [0.29, 0.717) is 6.54 Å². The molecule has 21 heavy (non-hydrogen) atoms. The van der Waals surface area contributed by atoms with Crippen molar-refractivity contribution in [2.75, 3.05) is 20.1 Å². The van der Waals surface area contributed by atoms with Crippen LogP contribution in [0.5, 0.6) is 0 Å². The van der Waals surface area contributed by atoms with Crippen LogP contribution in [-0.4, -0.2) is 34.5 Å². The third-order valence-corrected chi connectivity index (χ3v) is 4.54. The van der Waals surface area contributed by atoms with E-state index in [4.69, 9.17) is 0 Å². The summed E-state index contributed by atoms with van der Waals surface area (Å²) in [6.45, 7) is 4.20. The monoisotopic (exact) mass is 313 g/mol. The molecule has 0 aliphatic rings. The van der Waals surface area contributed by atoms with Crippen LogP contribution in [0.3, 0.4) is 0 Å². The van der Waals surface area contributed by atoms with Gasteiger partial charge >= 0.3 is 0 Å². The Morgan fingerprint density at radius 3 is 2.38 bits per heavy atom. The summed E-state index contributed by atoms with van der Waals surface area (Å²) in [4.78, 5) is 11.6. The first-order chi connectivity index (χ1) is 9.90. The van der Waals surface area contributed by atoms with Crippen LogP contribution in [0.2, 0.25) is 0 Å². The Bertz CT molecular complexity index is 555. The van der Waals surface area contributed by atoms with E-state index in [-0.39, 0.29) is 23.4 Å². The summed E-state index contributed by atoms with van der Waals surface area (Å²) in [5.74, 6) is -0.333. The Morgan fingerprint density at radius 1 is 1.24 bits per heavy atom. The number of amides is 1. The van der Waals surface area contributed by atoms with Crippen molar-refractivity contribution in [3.8, 4) is 0 Å².